The van der Waals surface area contributed by atoms with Crippen LogP contribution in [0.25, 0.3) is 0 Å². The smallest absolute Gasteiger partial charge is 0.322 e. The Balaban J connectivity index is 2.63. The molecular formula is C11H9F4NO4S. The number of nitrogens with zero attached hydrogens (tertiary/aromatic N) is 1. The van der Waals surface area contributed by atoms with Crippen LogP contribution in [0.1, 0.15) is 12.8 Å². The predicted molar refractivity (Wildman–Crippen MR) is 60.8 cm³/mol. The van der Waals surface area contributed by atoms with Crippen molar-refractivity contribution in [2.75, 3.05) is 6.54 Å². The Morgan fingerprint density at radius 1 is 1.19 bits per heavy atom. The number of carbonyl (C=O) groups is 1. The topological polar surface area (TPSA) is 74.7 Å². The molecule has 0 spiro atoms. The molecule has 0 bridgehead atoms. The highest BCUT2D eigenvalue weighted by molar-refractivity contribution is 7.89. The van der Waals surface area contributed by atoms with E-state index in [-0.39, 0.29) is 25.5 Å². The summed E-state index contributed by atoms with van der Waals surface area (Å²) in [5.74, 6) is -9.42. The average molecular weight is 327 g/mol. The highest BCUT2D eigenvalue weighted by atomic mass is 32.2. The van der Waals surface area contributed by atoms with E-state index >= 15 is 0 Å². The quantitative estimate of drug-likeness (QED) is 0.674. The SMILES string of the molecule is O=C(O)C1CCCN1S(=O)(=O)c1c(F)c(F)cc(F)c1F. The number of carboxylic acids is 1. The summed E-state index contributed by atoms with van der Waals surface area (Å²) >= 11 is 0. The van der Waals surface area contributed by atoms with Gasteiger partial charge in [0, 0.05) is 12.6 Å². The minimum Gasteiger partial charge on any atom is -0.480 e. The largest absolute Gasteiger partial charge is 0.480 e. The van der Waals surface area contributed by atoms with Crippen molar-refractivity contribution in [3.05, 3.63) is 29.3 Å². The van der Waals surface area contributed by atoms with Gasteiger partial charge in [-0.15, -0.1) is 0 Å². The summed E-state index contributed by atoms with van der Waals surface area (Å²) in [6, 6.07) is -1.65. The minimum absolute atomic E-state index is 0.0599. The van der Waals surface area contributed by atoms with Gasteiger partial charge in [0.1, 0.15) is 6.04 Å². The van der Waals surface area contributed by atoms with Gasteiger partial charge in [0.2, 0.25) is 10.0 Å². The molecule has 1 atom stereocenters. The van der Waals surface area contributed by atoms with Crippen molar-refractivity contribution in [1.82, 2.24) is 4.31 Å². The molecule has 0 aliphatic carbocycles. The van der Waals surface area contributed by atoms with E-state index in [9.17, 15) is 30.8 Å². The zero-order chi connectivity index (χ0) is 15.9. The van der Waals surface area contributed by atoms with Crippen LogP contribution in [0.5, 0.6) is 0 Å². The molecular weight excluding hydrogens is 318 g/mol. The lowest BCUT2D eigenvalue weighted by Gasteiger charge is -2.21. The van der Waals surface area contributed by atoms with Crippen LogP contribution in [-0.2, 0) is 14.8 Å². The fraction of sp³-hybridized carbons (Fsp3) is 0.364. The summed E-state index contributed by atoms with van der Waals surface area (Å²) in [5, 5.41) is 8.90. The summed E-state index contributed by atoms with van der Waals surface area (Å²) in [5.41, 5.74) is 0. The number of aliphatic carboxylic acids is 1. The van der Waals surface area contributed by atoms with E-state index in [4.69, 9.17) is 5.11 Å². The Morgan fingerprint density at radius 2 is 1.71 bits per heavy atom. The maximum absolute atomic E-state index is 13.6. The number of benzene rings is 1. The van der Waals surface area contributed by atoms with Crippen LogP contribution in [0, 0.1) is 23.3 Å². The van der Waals surface area contributed by atoms with Crippen LogP contribution >= 0.6 is 0 Å². The van der Waals surface area contributed by atoms with Gasteiger partial charge in [-0.1, -0.05) is 0 Å². The first kappa shape index (κ1) is 15.7. The highest BCUT2D eigenvalue weighted by Gasteiger charge is 2.43. The maximum atomic E-state index is 13.6. The van der Waals surface area contributed by atoms with Crippen molar-refractivity contribution >= 4 is 16.0 Å². The lowest BCUT2D eigenvalue weighted by Crippen LogP contribution is -2.41. The summed E-state index contributed by atoms with van der Waals surface area (Å²) in [6.07, 6.45) is 0.0901. The molecule has 1 saturated heterocycles. The summed E-state index contributed by atoms with van der Waals surface area (Å²) in [7, 11) is -5.02. The van der Waals surface area contributed by atoms with Crippen LogP contribution in [-0.4, -0.2) is 36.4 Å². The average Bonchev–Trinajstić information content (AvgIpc) is 2.86. The molecule has 1 fully saturated rings. The van der Waals surface area contributed by atoms with Gasteiger partial charge in [0.25, 0.3) is 0 Å². The standard InChI is InChI=1S/C11H9F4NO4S/c12-5-4-6(13)9(15)10(8(5)14)21(19,20)16-3-1-2-7(16)11(17)18/h4,7H,1-3H2,(H,17,18). The second kappa shape index (κ2) is 5.26. The van der Waals surface area contributed by atoms with E-state index in [1.165, 1.54) is 0 Å². The summed E-state index contributed by atoms with van der Waals surface area (Å²) in [6.45, 7) is -0.309. The van der Waals surface area contributed by atoms with Gasteiger partial charge < -0.3 is 5.11 Å². The Morgan fingerprint density at radius 3 is 2.19 bits per heavy atom. The van der Waals surface area contributed by atoms with Gasteiger partial charge in [-0.25, -0.2) is 26.0 Å². The lowest BCUT2D eigenvalue weighted by molar-refractivity contribution is -0.140. The monoisotopic (exact) mass is 327 g/mol. The van der Waals surface area contributed by atoms with E-state index in [2.05, 4.69) is 0 Å². The number of sulfonamides is 1. The van der Waals surface area contributed by atoms with Gasteiger partial charge in [0.15, 0.2) is 28.2 Å². The van der Waals surface area contributed by atoms with Crippen LogP contribution in [0.15, 0.2) is 11.0 Å². The van der Waals surface area contributed by atoms with Gasteiger partial charge in [-0.05, 0) is 12.8 Å². The van der Waals surface area contributed by atoms with Gasteiger partial charge in [-0.2, -0.15) is 4.31 Å². The zero-order valence-corrected chi connectivity index (χ0v) is 11.1. The molecule has 1 heterocycles. The zero-order valence-electron chi connectivity index (χ0n) is 10.3. The third kappa shape index (κ3) is 2.48. The van der Waals surface area contributed by atoms with E-state index < -0.39 is 50.2 Å². The molecule has 116 valence electrons. The summed E-state index contributed by atoms with van der Waals surface area (Å²) in [4.78, 5) is 9.14. The first-order valence-electron chi connectivity index (χ1n) is 5.75. The number of hydrogen-bond donors (Lipinski definition) is 1. The molecule has 2 rings (SSSR count). The predicted octanol–water partition coefficient (Wildman–Crippen LogP) is 1.48. The Labute approximate surface area is 116 Å². The summed E-state index contributed by atoms with van der Waals surface area (Å²) < 4.78 is 78.0. The molecule has 1 N–H and O–H groups in total. The Bertz CT molecular complexity index is 680. The van der Waals surface area contributed by atoms with Crippen molar-refractivity contribution < 1.29 is 35.9 Å². The van der Waals surface area contributed by atoms with Gasteiger partial charge >= 0.3 is 5.97 Å². The number of hydrogen-bond acceptors (Lipinski definition) is 3. The molecule has 0 saturated carbocycles. The molecule has 5 nitrogen and oxygen atoms in total. The van der Waals surface area contributed by atoms with E-state index in [0.29, 0.717) is 4.31 Å². The van der Waals surface area contributed by atoms with Crippen LogP contribution in [0.3, 0.4) is 0 Å². The van der Waals surface area contributed by atoms with Crippen molar-refractivity contribution in [2.24, 2.45) is 0 Å². The number of halogens is 4. The van der Waals surface area contributed by atoms with Crippen LogP contribution in [0.4, 0.5) is 17.6 Å². The molecule has 1 aliphatic rings. The number of carboxylic acid groups (broad SMARTS) is 1. The molecule has 0 aromatic heterocycles. The normalized spacial score (nSPS) is 19.9. The molecule has 10 heteroatoms. The molecule has 1 aliphatic heterocycles. The Kier molecular flexibility index (Phi) is 3.93. The molecule has 1 unspecified atom stereocenters. The first-order valence-corrected chi connectivity index (χ1v) is 7.19. The van der Waals surface area contributed by atoms with Crippen molar-refractivity contribution in [1.29, 1.82) is 0 Å². The number of rotatable bonds is 3. The maximum Gasteiger partial charge on any atom is 0.322 e. The second-order valence-corrected chi connectivity index (χ2v) is 6.24. The van der Waals surface area contributed by atoms with Crippen molar-refractivity contribution in [3.63, 3.8) is 0 Å². The minimum atomic E-state index is -5.02. The van der Waals surface area contributed by atoms with Gasteiger partial charge in [-0.3, -0.25) is 4.79 Å². The molecule has 1 aromatic rings. The van der Waals surface area contributed by atoms with E-state index in [1.54, 1.807) is 0 Å². The second-order valence-electron chi connectivity index (χ2n) is 4.41. The van der Waals surface area contributed by atoms with E-state index in [1.807, 2.05) is 0 Å². The van der Waals surface area contributed by atoms with Crippen LogP contribution < -0.4 is 0 Å². The molecule has 0 amide bonds. The van der Waals surface area contributed by atoms with Crippen molar-refractivity contribution in [3.8, 4) is 0 Å². The lowest BCUT2D eigenvalue weighted by atomic mass is 10.2. The Hall–Kier alpha value is -1.68. The molecule has 21 heavy (non-hydrogen) atoms. The molecule has 1 aromatic carbocycles. The highest BCUT2D eigenvalue weighted by Crippen LogP contribution is 2.31. The third-order valence-corrected chi connectivity index (χ3v) is 5.06. The van der Waals surface area contributed by atoms with Crippen molar-refractivity contribution in [2.45, 2.75) is 23.8 Å². The third-order valence-electron chi connectivity index (χ3n) is 3.13. The fourth-order valence-electron chi connectivity index (χ4n) is 2.17. The van der Waals surface area contributed by atoms with Gasteiger partial charge in [0.05, 0.1) is 0 Å². The van der Waals surface area contributed by atoms with Crippen LogP contribution in [0.2, 0.25) is 0 Å². The first-order chi connectivity index (χ1) is 9.67. The van der Waals surface area contributed by atoms with E-state index in [0.717, 1.165) is 0 Å². The fourth-order valence-corrected chi connectivity index (χ4v) is 3.95. The molecule has 0 radical (unpaired) electrons.